The Labute approximate surface area is 124 Å². The molecule has 1 aliphatic carbocycles. The van der Waals surface area contributed by atoms with Gasteiger partial charge in [-0.2, -0.15) is 0 Å². The zero-order chi connectivity index (χ0) is 15.0. The van der Waals surface area contributed by atoms with E-state index >= 15 is 0 Å². The number of aromatic nitrogens is 1. The summed E-state index contributed by atoms with van der Waals surface area (Å²) in [6, 6.07) is 0. The van der Waals surface area contributed by atoms with E-state index in [1.165, 1.54) is 18.4 Å². The number of carbonyl (C=O) groups excluding carboxylic acids is 1. The minimum Gasteiger partial charge on any atom is -0.465 e. The van der Waals surface area contributed by atoms with Gasteiger partial charge < -0.3 is 9.47 Å². The van der Waals surface area contributed by atoms with Crippen LogP contribution < -0.4 is 0 Å². The van der Waals surface area contributed by atoms with Crippen molar-refractivity contribution in [1.29, 1.82) is 0 Å². The zero-order valence-electron chi connectivity index (χ0n) is 12.9. The number of nitrogens with zero attached hydrogens (tertiary/aromatic N) is 1. The van der Waals surface area contributed by atoms with E-state index in [2.05, 4.69) is 18.8 Å². The third kappa shape index (κ3) is 2.74. The average molecular weight is 297 g/mol. The first-order chi connectivity index (χ1) is 9.33. The summed E-state index contributed by atoms with van der Waals surface area (Å²) in [5, 5.41) is 0.911. The van der Waals surface area contributed by atoms with Crippen molar-refractivity contribution < 1.29 is 14.3 Å². The SMILES string of the molecule is COC(=O)c1sc(C2(OC)CCC(C)(C)CC2)nc1C. The van der Waals surface area contributed by atoms with E-state index in [0.717, 1.165) is 36.4 Å². The average Bonchev–Trinajstić information content (AvgIpc) is 2.81. The van der Waals surface area contributed by atoms with E-state index in [1.807, 2.05) is 6.92 Å². The minimum atomic E-state index is -0.336. The van der Waals surface area contributed by atoms with Gasteiger partial charge in [-0.15, -0.1) is 11.3 Å². The predicted molar refractivity (Wildman–Crippen MR) is 79.1 cm³/mol. The maximum Gasteiger partial charge on any atom is 0.349 e. The molecule has 0 saturated heterocycles. The molecule has 1 aliphatic rings. The molecule has 0 unspecified atom stereocenters. The second kappa shape index (κ2) is 5.45. The van der Waals surface area contributed by atoms with Gasteiger partial charge in [-0.3, -0.25) is 0 Å². The van der Waals surface area contributed by atoms with Crippen LogP contribution in [0.1, 0.15) is 59.9 Å². The number of esters is 1. The Hall–Kier alpha value is -0.940. The number of hydrogen-bond acceptors (Lipinski definition) is 5. The Morgan fingerprint density at radius 1 is 1.20 bits per heavy atom. The van der Waals surface area contributed by atoms with Gasteiger partial charge in [-0.1, -0.05) is 13.8 Å². The summed E-state index contributed by atoms with van der Waals surface area (Å²) in [7, 11) is 3.14. The van der Waals surface area contributed by atoms with Gasteiger partial charge in [0, 0.05) is 7.11 Å². The van der Waals surface area contributed by atoms with Crippen molar-refractivity contribution >= 4 is 17.3 Å². The van der Waals surface area contributed by atoms with Crippen LogP contribution in [0.25, 0.3) is 0 Å². The molecule has 5 heteroatoms. The lowest BCUT2D eigenvalue weighted by atomic mass is 9.71. The Kier molecular flexibility index (Phi) is 4.21. The lowest BCUT2D eigenvalue weighted by Crippen LogP contribution is -2.36. The quantitative estimate of drug-likeness (QED) is 0.799. The number of aryl methyl sites for hydroxylation is 1. The van der Waals surface area contributed by atoms with Crippen LogP contribution in [0.3, 0.4) is 0 Å². The number of ether oxygens (including phenoxy) is 2. The maximum atomic E-state index is 11.7. The zero-order valence-corrected chi connectivity index (χ0v) is 13.7. The summed E-state index contributed by atoms with van der Waals surface area (Å²) < 4.78 is 10.6. The molecule has 0 spiro atoms. The summed E-state index contributed by atoms with van der Waals surface area (Å²) in [6.07, 6.45) is 4.11. The molecule has 0 bridgehead atoms. The Morgan fingerprint density at radius 3 is 2.30 bits per heavy atom. The highest BCUT2D eigenvalue weighted by molar-refractivity contribution is 7.13. The first-order valence-corrected chi connectivity index (χ1v) is 7.77. The van der Waals surface area contributed by atoms with Gasteiger partial charge in [0.25, 0.3) is 0 Å². The molecule has 2 rings (SSSR count). The fourth-order valence-corrected chi connectivity index (χ4v) is 3.92. The molecule has 112 valence electrons. The third-order valence-corrected chi connectivity index (χ3v) is 5.68. The highest BCUT2D eigenvalue weighted by atomic mass is 32.1. The first-order valence-electron chi connectivity index (χ1n) is 6.95. The van der Waals surface area contributed by atoms with E-state index in [4.69, 9.17) is 9.47 Å². The molecule has 1 saturated carbocycles. The molecule has 0 aliphatic heterocycles. The molecule has 0 amide bonds. The molecule has 1 heterocycles. The van der Waals surface area contributed by atoms with Crippen molar-refractivity contribution in [3.63, 3.8) is 0 Å². The topological polar surface area (TPSA) is 48.4 Å². The van der Waals surface area contributed by atoms with Crippen molar-refractivity contribution in [2.75, 3.05) is 14.2 Å². The van der Waals surface area contributed by atoms with Crippen LogP contribution in [0.4, 0.5) is 0 Å². The van der Waals surface area contributed by atoms with E-state index in [-0.39, 0.29) is 11.6 Å². The van der Waals surface area contributed by atoms with Gasteiger partial charge in [-0.05, 0) is 38.0 Å². The van der Waals surface area contributed by atoms with Gasteiger partial charge in [-0.25, -0.2) is 9.78 Å². The first kappa shape index (κ1) is 15.4. The van der Waals surface area contributed by atoms with E-state index in [0.29, 0.717) is 10.3 Å². The van der Waals surface area contributed by atoms with E-state index < -0.39 is 0 Å². The van der Waals surface area contributed by atoms with Crippen LogP contribution in [-0.2, 0) is 15.1 Å². The van der Waals surface area contributed by atoms with Gasteiger partial charge >= 0.3 is 5.97 Å². The van der Waals surface area contributed by atoms with Gasteiger partial charge in [0.1, 0.15) is 15.5 Å². The van der Waals surface area contributed by atoms with Crippen LogP contribution in [0, 0.1) is 12.3 Å². The number of thiazole rings is 1. The Morgan fingerprint density at radius 2 is 1.80 bits per heavy atom. The second-order valence-electron chi connectivity index (χ2n) is 6.29. The van der Waals surface area contributed by atoms with Crippen LogP contribution in [0.2, 0.25) is 0 Å². The minimum absolute atomic E-state index is 0.311. The monoisotopic (exact) mass is 297 g/mol. The molecule has 4 nitrogen and oxygen atoms in total. The Bertz CT molecular complexity index is 497. The van der Waals surface area contributed by atoms with E-state index in [1.54, 1.807) is 7.11 Å². The largest absolute Gasteiger partial charge is 0.465 e. The number of hydrogen-bond donors (Lipinski definition) is 0. The molecule has 20 heavy (non-hydrogen) atoms. The van der Waals surface area contributed by atoms with Crippen LogP contribution in [-0.4, -0.2) is 25.2 Å². The molecule has 0 aromatic carbocycles. The summed E-state index contributed by atoms with van der Waals surface area (Å²) in [5.41, 5.74) is 0.759. The van der Waals surface area contributed by atoms with Crippen molar-refractivity contribution in [2.24, 2.45) is 5.41 Å². The molecule has 1 fully saturated rings. The smallest absolute Gasteiger partial charge is 0.349 e. The summed E-state index contributed by atoms with van der Waals surface area (Å²) in [5.74, 6) is -0.311. The highest BCUT2D eigenvalue weighted by Crippen LogP contribution is 2.48. The molecule has 0 N–H and O–H groups in total. The fourth-order valence-electron chi connectivity index (χ4n) is 2.71. The molecule has 0 radical (unpaired) electrons. The summed E-state index contributed by atoms with van der Waals surface area (Å²) in [6.45, 7) is 6.43. The molecule has 0 atom stereocenters. The Balaban J connectivity index is 2.31. The van der Waals surface area contributed by atoms with Crippen molar-refractivity contribution in [3.05, 3.63) is 15.6 Å². The lowest BCUT2D eigenvalue weighted by Gasteiger charge is -2.41. The third-order valence-electron chi connectivity index (χ3n) is 4.36. The predicted octanol–water partition coefficient (Wildman–Crippen LogP) is 3.68. The van der Waals surface area contributed by atoms with Crippen molar-refractivity contribution in [3.8, 4) is 0 Å². The normalized spacial score (nSPS) is 20.6. The van der Waals surface area contributed by atoms with Gasteiger partial charge in [0.2, 0.25) is 0 Å². The summed E-state index contributed by atoms with van der Waals surface area (Å²) >= 11 is 1.41. The fraction of sp³-hybridized carbons (Fsp3) is 0.733. The molecule has 1 aromatic rings. The van der Waals surface area contributed by atoms with Crippen LogP contribution in [0.5, 0.6) is 0 Å². The second-order valence-corrected chi connectivity index (χ2v) is 7.29. The standard InChI is InChI=1S/C15H23NO3S/c1-10-11(12(17)18-4)20-13(16-10)15(19-5)8-6-14(2,3)7-9-15/h6-9H2,1-5H3. The maximum absolute atomic E-state index is 11.7. The summed E-state index contributed by atoms with van der Waals surface area (Å²) in [4.78, 5) is 16.9. The van der Waals surface area contributed by atoms with E-state index in [9.17, 15) is 4.79 Å². The van der Waals surface area contributed by atoms with Crippen LogP contribution in [0.15, 0.2) is 0 Å². The van der Waals surface area contributed by atoms with Crippen molar-refractivity contribution in [2.45, 2.75) is 52.1 Å². The molecular weight excluding hydrogens is 274 g/mol. The number of rotatable bonds is 3. The highest BCUT2D eigenvalue weighted by Gasteiger charge is 2.42. The van der Waals surface area contributed by atoms with Gasteiger partial charge in [0.05, 0.1) is 12.8 Å². The van der Waals surface area contributed by atoms with Gasteiger partial charge in [0.15, 0.2) is 0 Å². The molecular formula is C15H23NO3S. The molecule has 1 aromatic heterocycles. The van der Waals surface area contributed by atoms with Crippen LogP contribution >= 0.6 is 11.3 Å². The van der Waals surface area contributed by atoms with Crippen molar-refractivity contribution in [1.82, 2.24) is 4.98 Å². The number of methoxy groups -OCH3 is 2. The number of carbonyl (C=O) groups is 1. The lowest BCUT2D eigenvalue weighted by molar-refractivity contribution is -0.0668.